The summed E-state index contributed by atoms with van der Waals surface area (Å²) in [5.74, 6) is 1.41. The van der Waals surface area contributed by atoms with Gasteiger partial charge in [-0.05, 0) is 26.0 Å². The van der Waals surface area contributed by atoms with Gasteiger partial charge in [0.2, 0.25) is 0 Å². The van der Waals surface area contributed by atoms with E-state index < -0.39 is 4.92 Å². The Labute approximate surface area is 122 Å². The molecule has 2 rings (SSSR count). The molecule has 0 unspecified atom stereocenters. The zero-order valence-electron chi connectivity index (χ0n) is 11.2. The molecule has 0 fully saturated rings. The smallest absolute Gasteiger partial charge is 0.276 e. The molecule has 4 nitrogen and oxygen atoms in total. The van der Waals surface area contributed by atoms with Gasteiger partial charge in [-0.15, -0.1) is 11.6 Å². The van der Waals surface area contributed by atoms with Crippen LogP contribution in [0.4, 0.5) is 5.69 Å². The molecule has 5 heteroatoms. The molecule has 0 spiro atoms. The molecule has 20 heavy (non-hydrogen) atoms. The molecule has 0 aliphatic rings. The summed E-state index contributed by atoms with van der Waals surface area (Å²) in [4.78, 5) is 10.5. The van der Waals surface area contributed by atoms with E-state index >= 15 is 0 Å². The van der Waals surface area contributed by atoms with Gasteiger partial charge in [-0.1, -0.05) is 23.8 Å². The van der Waals surface area contributed by atoms with Crippen molar-refractivity contribution in [2.45, 2.75) is 19.7 Å². The first kappa shape index (κ1) is 14.3. The first-order chi connectivity index (χ1) is 9.52. The fraction of sp³-hybridized carbons (Fsp3) is 0.200. The van der Waals surface area contributed by atoms with Crippen molar-refractivity contribution in [1.82, 2.24) is 0 Å². The molecule has 104 valence electrons. The highest BCUT2D eigenvalue weighted by Crippen LogP contribution is 2.33. The van der Waals surface area contributed by atoms with Crippen LogP contribution in [0.25, 0.3) is 0 Å². The van der Waals surface area contributed by atoms with Gasteiger partial charge in [0.1, 0.15) is 11.5 Å². The molecule has 0 atom stereocenters. The third-order valence-electron chi connectivity index (χ3n) is 3.03. The van der Waals surface area contributed by atoms with E-state index in [-0.39, 0.29) is 5.69 Å². The highest BCUT2D eigenvalue weighted by molar-refractivity contribution is 6.17. The standard InChI is InChI=1S/C15H14ClNO3/c1-10-6-7-15(12(8-10)9-16)20-14-5-3-4-13(11(14)2)17(18)19/h3-8H,9H2,1-2H3. The van der Waals surface area contributed by atoms with Crippen molar-refractivity contribution >= 4 is 17.3 Å². The summed E-state index contributed by atoms with van der Waals surface area (Å²) in [5, 5.41) is 10.9. The lowest BCUT2D eigenvalue weighted by Crippen LogP contribution is -1.96. The Morgan fingerprint density at radius 3 is 2.60 bits per heavy atom. The number of nitrogens with zero attached hydrogens (tertiary/aromatic N) is 1. The van der Waals surface area contributed by atoms with Crippen molar-refractivity contribution < 1.29 is 9.66 Å². The molecule has 0 heterocycles. The summed E-state index contributed by atoms with van der Waals surface area (Å²) >= 11 is 5.90. The van der Waals surface area contributed by atoms with E-state index in [0.717, 1.165) is 11.1 Å². The van der Waals surface area contributed by atoms with Gasteiger partial charge in [0, 0.05) is 11.6 Å². The van der Waals surface area contributed by atoms with Crippen LogP contribution < -0.4 is 4.74 Å². The molecule has 2 aromatic carbocycles. The van der Waals surface area contributed by atoms with Crippen molar-refractivity contribution in [2.24, 2.45) is 0 Å². The minimum absolute atomic E-state index is 0.0436. The number of alkyl halides is 1. The third kappa shape index (κ3) is 2.91. The Morgan fingerprint density at radius 2 is 1.95 bits per heavy atom. The van der Waals surface area contributed by atoms with Gasteiger partial charge >= 0.3 is 0 Å². The van der Waals surface area contributed by atoms with Crippen LogP contribution in [0.3, 0.4) is 0 Å². The molecule has 0 aliphatic carbocycles. The van der Waals surface area contributed by atoms with Crippen LogP contribution >= 0.6 is 11.6 Å². The molecule has 0 bridgehead atoms. The Balaban J connectivity index is 2.40. The van der Waals surface area contributed by atoms with Crippen molar-refractivity contribution in [3.05, 3.63) is 63.2 Å². The lowest BCUT2D eigenvalue weighted by atomic mass is 10.1. The summed E-state index contributed by atoms with van der Waals surface area (Å²) in [5.41, 5.74) is 2.49. The molecular weight excluding hydrogens is 278 g/mol. The number of nitro benzene ring substituents is 1. The third-order valence-corrected chi connectivity index (χ3v) is 3.32. The van der Waals surface area contributed by atoms with Crippen LogP contribution in [0.2, 0.25) is 0 Å². The second-order valence-corrected chi connectivity index (χ2v) is 4.77. The molecule has 0 aliphatic heterocycles. The molecule has 0 saturated heterocycles. The average molecular weight is 292 g/mol. The Hall–Kier alpha value is -2.07. The molecule has 0 N–H and O–H groups in total. The number of hydrogen-bond acceptors (Lipinski definition) is 3. The number of aryl methyl sites for hydroxylation is 1. The van der Waals surface area contributed by atoms with Crippen molar-refractivity contribution in [3.63, 3.8) is 0 Å². The predicted octanol–water partition coefficient (Wildman–Crippen LogP) is 4.74. The van der Waals surface area contributed by atoms with Gasteiger partial charge in [-0.2, -0.15) is 0 Å². The predicted molar refractivity (Wildman–Crippen MR) is 78.6 cm³/mol. The van der Waals surface area contributed by atoms with Crippen LogP contribution in [0.1, 0.15) is 16.7 Å². The Bertz CT molecular complexity index is 656. The Morgan fingerprint density at radius 1 is 1.20 bits per heavy atom. The van der Waals surface area contributed by atoms with Gasteiger partial charge < -0.3 is 4.74 Å². The fourth-order valence-corrected chi connectivity index (χ4v) is 2.15. The number of rotatable bonds is 4. The second kappa shape index (κ2) is 5.92. The van der Waals surface area contributed by atoms with E-state index in [1.165, 1.54) is 6.07 Å². The van der Waals surface area contributed by atoms with Crippen LogP contribution in [0.15, 0.2) is 36.4 Å². The molecular formula is C15H14ClNO3. The topological polar surface area (TPSA) is 52.4 Å². The summed E-state index contributed by atoms with van der Waals surface area (Å²) < 4.78 is 5.79. The van der Waals surface area contributed by atoms with E-state index in [2.05, 4.69) is 0 Å². The highest BCUT2D eigenvalue weighted by atomic mass is 35.5. The van der Waals surface area contributed by atoms with Crippen LogP contribution in [0, 0.1) is 24.0 Å². The lowest BCUT2D eigenvalue weighted by molar-refractivity contribution is -0.385. The van der Waals surface area contributed by atoms with Crippen molar-refractivity contribution in [1.29, 1.82) is 0 Å². The molecule has 0 radical (unpaired) electrons. The summed E-state index contributed by atoms with van der Waals surface area (Å²) in [6.45, 7) is 3.64. The molecule has 0 amide bonds. The van der Waals surface area contributed by atoms with E-state index in [0.29, 0.717) is 22.9 Å². The van der Waals surface area contributed by atoms with Gasteiger partial charge in [0.05, 0.1) is 16.4 Å². The highest BCUT2D eigenvalue weighted by Gasteiger charge is 2.15. The maximum absolute atomic E-state index is 10.9. The van der Waals surface area contributed by atoms with Crippen LogP contribution in [0.5, 0.6) is 11.5 Å². The lowest BCUT2D eigenvalue weighted by Gasteiger charge is -2.12. The van der Waals surface area contributed by atoms with Crippen LogP contribution in [-0.2, 0) is 5.88 Å². The zero-order chi connectivity index (χ0) is 14.7. The van der Waals surface area contributed by atoms with Gasteiger partial charge in [0.15, 0.2) is 0 Å². The average Bonchev–Trinajstić information content (AvgIpc) is 2.42. The maximum Gasteiger partial charge on any atom is 0.276 e. The minimum atomic E-state index is -0.417. The van der Waals surface area contributed by atoms with Gasteiger partial charge in [-0.25, -0.2) is 0 Å². The molecule has 0 saturated carbocycles. The minimum Gasteiger partial charge on any atom is -0.456 e. The first-order valence-corrected chi connectivity index (χ1v) is 6.63. The van der Waals surface area contributed by atoms with E-state index in [1.807, 2.05) is 25.1 Å². The summed E-state index contributed by atoms with van der Waals surface area (Å²) in [6, 6.07) is 10.5. The summed E-state index contributed by atoms with van der Waals surface area (Å²) in [7, 11) is 0. The fourth-order valence-electron chi connectivity index (χ4n) is 1.94. The van der Waals surface area contributed by atoms with Crippen LogP contribution in [-0.4, -0.2) is 4.92 Å². The van der Waals surface area contributed by atoms with Gasteiger partial charge in [-0.3, -0.25) is 10.1 Å². The quantitative estimate of drug-likeness (QED) is 0.464. The first-order valence-electron chi connectivity index (χ1n) is 6.10. The number of nitro groups is 1. The second-order valence-electron chi connectivity index (χ2n) is 4.50. The van der Waals surface area contributed by atoms with E-state index in [1.54, 1.807) is 19.1 Å². The van der Waals surface area contributed by atoms with E-state index in [4.69, 9.17) is 16.3 Å². The molecule has 2 aromatic rings. The maximum atomic E-state index is 10.9. The molecule has 0 aromatic heterocycles. The van der Waals surface area contributed by atoms with E-state index in [9.17, 15) is 10.1 Å². The largest absolute Gasteiger partial charge is 0.456 e. The number of hydrogen-bond donors (Lipinski definition) is 0. The summed E-state index contributed by atoms with van der Waals surface area (Å²) in [6.07, 6.45) is 0. The number of benzene rings is 2. The SMILES string of the molecule is Cc1ccc(Oc2cccc([N+](=O)[O-])c2C)c(CCl)c1. The van der Waals surface area contributed by atoms with Crippen molar-refractivity contribution in [3.8, 4) is 11.5 Å². The zero-order valence-corrected chi connectivity index (χ0v) is 12.0. The normalized spacial score (nSPS) is 10.3. The van der Waals surface area contributed by atoms with Gasteiger partial charge in [0.25, 0.3) is 5.69 Å². The number of ether oxygens (including phenoxy) is 1. The number of halogens is 1. The van der Waals surface area contributed by atoms with Crippen molar-refractivity contribution in [2.75, 3.05) is 0 Å². The monoisotopic (exact) mass is 291 g/mol. The Kier molecular flexibility index (Phi) is 4.25.